The predicted molar refractivity (Wildman–Crippen MR) is 90.3 cm³/mol. The van der Waals surface area contributed by atoms with Crippen LogP contribution in [0.4, 0.5) is 0 Å². The topological polar surface area (TPSA) is 23.6 Å². The Morgan fingerprint density at radius 1 is 0.857 bits per heavy atom. The number of nitrogens with zero attached hydrogens (tertiary/aromatic N) is 2. The minimum Gasteiger partial charge on any atom is -0.340 e. The van der Waals surface area contributed by atoms with E-state index >= 15 is 0 Å². The van der Waals surface area contributed by atoms with E-state index in [1.54, 1.807) is 0 Å². The summed E-state index contributed by atoms with van der Waals surface area (Å²) in [4.78, 5) is 17.4. The Labute approximate surface area is 132 Å². The Bertz CT molecular complexity index is 352. The molecule has 1 saturated heterocycles. The van der Waals surface area contributed by atoms with Crippen molar-refractivity contribution < 1.29 is 4.79 Å². The van der Waals surface area contributed by atoms with Gasteiger partial charge in [0.1, 0.15) is 0 Å². The minimum absolute atomic E-state index is 0.00650. The molecule has 0 atom stereocenters. The molecule has 0 aromatic heterocycles. The first-order valence-corrected chi connectivity index (χ1v) is 8.36. The molecule has 0 spiro atoms. The molecule has 1 aliphatic heterocycles. The molecule has 124 valence electrons. The summed E-state index contributed by atoms with van der Waals surface area (Å²) in [5.74, 6) is 0.311. The Hall–Kier alpha value is -0.570. The quantitative estimate of drug-likeness (QED) is 0.794. The number of carbonyl (C=O) groups is 1. The first-order valence-electron chi connectivity index (χ1n) is 8.36. The molecule has 0 aliphatic carbocycles. The lowest BCUT2D eigenvalue weighted by molar-refractivity contribution is -0.148. The van der Waals surface area contributed by atoms with Crippen molar-refractivity contribution in [3.63, 3.8) is 0 Å². The zero-order chi connectivity index (χ0) is 16.5. The normalized spacial score (nSPS) is 19.0. The number of rotatable bonds is 3. The molecule has 0 N–H and O–H groups in total. The van der Waals surface area contributed by atoms with Crippen molar-refractivity contribution in [1.29, 1.82) is 0 Å². The third kappa shape index (κ3) is 4.98. The van der Waals surface area contributed by atoms with Crippen molar-refractivity contribution in [2.24, 2.45) is 16.2 Å². The first kappa shape index (κ1) is 18.5. The van der Waals surface area contributed by atoms with Crippen LogP contribution in [0, 0.1) is 16.2 Å². The monoisotopic (exact) mass is 296 g/mol. The van der Waals surface area contributed by atoms with Crippen molar-refractivity contribution in [3.8, 4) is 0 Å². The van der Waals surface area contributed by atoms with Gasteiger partial charge >= 0.3 is 0 Å². The fourth-order valence-corrected chi connectivity index (χ4v) is 2.38. The summed E-state index contributed by atoms with van der Waals surface area (Å²) >= 11 is 0. The van der Waals surface area contributed by atoms with Crippen LogP contribution in [0.5, 0.6) is 0 Å². The van der Waals surface area contributed by atoms with Gasteiger partial charge in [0.25, 0.3) is 0 Å². The molecule has 0 aromatic rings. The van der Waals surface area contributed by atoms with Crippen LogP contribution in [0.1, 0.15) is 61.8 Å². The van der Waals surface area contributed by atoms with E-state index in [9.17, 15) is 4.79 Å². The Morgan fingerprint density at radius 2 is 1.33 bits per heavy atom. The summed E-state index contributed by atoms with van der Waals surface area (Å²) in [6.45, 7) is 22.4. The second kappa shape index (κ2) is 6.28. The molecular formula is C18H36N2O. The smallest absolute Gasteiger partial charge is 0.228 e. The highest BCUT2D eigenvalue weighted by atomic mass is 16.2. The van der Waals surface area contributed by atoms with E-state index in [0.717, 1.165) is 32.7 Å². The van der Waals surface area contributed by atoms with Crippen molar-refractivity contribution in [2.45, 2.75) is 61.8 Å². The summed E-state index contributed by atoms with van der Waals surface area (Å²) in [5, 5.41) is 0. The van der Waals surface area contributed by atoms with Gasteiger partial charge in [-0.2, -0.15) is 0 Å². The van der Waals surface area contributed by atoms with Crippen LogP contribution < -0.4 is 0 Å². The second-order valence-electron chi connectivity index (χ2n) is 9.32. The number of hydrogen-bond acceptors (Lipinski definition) is 2. The zero-order valence-electron chi connectivity index (χ0n) is 15.5. The molecule has 0 saturated carbocycles. The summed E-state index contributed by atoms with van der Waals surface area (Å²) in [5.41, 5.74) is 0.0786. The molecule has 1 rings (SSSR count). The van der Waals surface area contributed by atoms with E-state index in [1.807, 2.05) is 0 Å². The Kier molecular flexibility index (Phi) is 5.52. The molecule has 0 aromatic carbocycles. The van der Waals surface area contributed by atoms with Gasteiger partial charge in [-0.05, 0) is 23.8 Å². The molecule has 1 heterocycles. The first-order chi connectivity index (χ1) is 9.34. The van der Waals surface area contributed by atoms with Gasteiger partial charge in [0.2, 0.25) is 5.91 Å². The maximum absolute atomic E-state index is 12.8. The van der Waals surface area contributed by atoms with Crippen LogP contribution in [-0.2, 0) is 4.79 Å². The molecular weight excluding hydrogens is 260 g/mol. The number of piperazine rings is 1. The van der Waals surface area contributed by atoms with E-state index in [-0.39, 0.29) is 10.8 Å². The molecule has 3 heteroatoms. The SMILES string of the molecule is CC(C)(C)CCN1CCN(C(=O)C(C)(C)C(C)(C)C)CC1. The maximum Gasteiger partial charge on any atom is 0.228 e. The van der Waals surface area contributed by atoms with Gasteiger partial charge in [-0.1, -0.05) is 55.4 Å². The fourth-order valence-electron chi connectivity index (χ4n) is 2.38. The van der Waals surface area contributed by atoms with Crippen molar-refractivity contribution in [1.82, 2.24) is 9.80 Å². The largest absolute Gasteiger partial charge is 0.340 e. The van der Waals surface area contributed by atoms with Crippen molar-refractivity contribution in [3.05, 3.63) is 0 Å². The molecule has 0 radical (unpaired) electrons. The van der Waals surface area contributed by atoms with Crippen LogP contribution in [0.3, 0.4) is 0 Å². The van der Waals surface area contributed by atoms with E-state index in [4.69, 9.17) is 0 Å². The summed E-state index contributed by atoms with van der Waals surface area (Å²) < 4.78 is 0. The lowest BCUT2D eigenvalue weighted by Crippen LogP contribution is -2.54. The lowest BCUT2D eigenvalue weighted by atomic mass is 9.68. The van der Waals surface area contributed by atoms with E-state index < -0.39 is 0 Å². The molecule has 0 unspecified atom stereocenters. The number of amides is 1. The van der Waals surface area contributed by atoms with Gasteiger partial charge in [0.05, 0.1) is 0 Å². The van der Waals surface area contributed by atoms with Gasteiger partial charge in [0.15, 0.2) is 0 Å². The second-order valence-corrected chi connectivity index (χ2v) is 9.32. The third-order valence-corrected chi connectivity index (χ3v) is 5.25. The van der Waals surface area contributed by atoms with Crippen LogP contribution >= 0.6 is 0 Å². The standard InChI is InChI=1S/C18H36N2O/c1-16(2,3)9-10-19-11-13-20(14-12-19)15(21)18(7,8)17(4,5)6/h9-14H2,1-8H3. The summed E-state index contributed by atoms with van der Waals surface area (Å²) in [6.07, 6.45) is 1.22. The Balaban J connectivity index is 2.52. The zero-order valence-corrected chi connectivity index (χ0v) is 15.5. The highest BCUT2D eigenvalue weighted by Gasteiger charge is 2.42. The molecule has 3 nitrogen and oxygen atoms in total. The third-order valence-electron chi connectivity index (χ3n) is 5.25. The van der Waals surface area contributed by atoms with Crippen molar-refractivity contribution in [2.75, 3.05) is 32.7 Å². The lowest BCUT2D eigenvalue weighted by Gasteiger charge is -2.44. The number of hydrogen-bond donors (Lipinski definition) is 0. The minimum atomic E-state index is -0.305. The van der Waals surface area contributed by atoms with E-state index in [1.165, 1.54) is 6.42 Å². The fraction of sp³-hybridized carbons (Fsp3) is 0.944. The maximum atomic E-state index is 12.8. The van der Waals surface area contributed by atoms with Crippen LogP contribution in [0.15, 0.2) is 0 Å². The van der Waals surface area contributed by atoms with Crippen LogP contribution in [0.25, 0.3) is 0 Å². The van der Waals surface area contributed by atoms with Gasteiger partial charge in [0, 0.05) is 31.6 Å². The van der Waals surface area contributed by atoms with Crippen molar-refractivity contribution >= 4 is 5.91 Å². The van der Waals surface area contributed by atoms with Crippen LogP contribution in [0.2, 0.25) is 0 Å². The van der Waals surface area contributed by atoms with E-state index in [2.05, 4.69) is 65.2 Å². The molecule has 21 heavy (non-hydrogen) atoms. The molecule has 1 fully saturated rings. The van der Waals surface area contributed by atoms with Crippen LogP contribution in [-0.4, -0.2) is 48.4 Å². The predicted octanol–water partition coefficient (Wildman–Crippen LogP) is 3.64. The van der Waals surface area contributed by atoms with Gasteiger partial charge < -0.3 is 4.90 Å². The highest BCUT2D eigenvalue weighted by Crippen LogP contribution is 2.39. The molecule has 1 amide bonds. The summed E-state index contributed by atoms with van der Waals surface area (Å²) in [6, 6.07) is 0. The Morgan fingerprint density at radius 3 is 1.71 bits per heavy atom. The van der Waals surface area contributed by atoms with Gasteiger partial charge in [-0.25, -0.2) is 0 Å². The molecule has 1 aliphatic rings. The highest BCUT2D eigenvalue weighted by molar-refractivity contribution is 5.82. The summed E-state index contributed by atoms with van der Waals surface area (Å²) in [7, 11) is 0. The average Bonchev–Trinajstić information content (AvgIpc) is 2.34. The van der Waals surface area contributed by atoms with E-state index in [0.29, 0.717) is 11.3 Å². The average molecular weight is 296 g/mol. The van der Waals surface area contributed by atoms with Gasteiger partial charge in [-0.3, -0.25) is 9.69 Å². The van der Waals surface area contributed by atoms with Gasteiger partial charge in [-0.15, -0.1) is 0 Å². The molecule has 0 bridgehead atoms. The number of carbonyl (C=O) groups excluding carboxylic acids is 1.